The largest absolute Gasteiger partial charge is 0.337 e. The van der Waals surface area contributed by atoms with E-state index in [4.69, 9.17) is 0 Å². The van der Waals surface area contributed by atoms with Crippen molar-refractivity contribution in [3.8, 4) is 0 Å². The molecule has 0 aliphatic rings. The molecule has 0 unspecified atom stereocenters. The molecule has 1 aromatic carbocycles. The Kier molecular flexibility index (Phi) is 4.84. The van der Waals surface area contributed by atoms with Crippen LogP contribution in [0.4, 0.5) is 19.3 Å². The number of nitrogens with zero attached hydrogens (tertiary/aromatic N) is 1. The summed E-state index contributed by atoms with van der Waals surface area (Å²) < 4.78 is 25.5. The van der Waals surface area contributed by atoms with Gasteiger partial charge in [0.2, 0.25) is 0 Å². The van der Waals surface area contributed by atoms with E-state index in [9.17, 15) is 13.6 Å². The molecule has 0 saturated heterocycles. The molecule has 0 bridgehead atoms. The number of carbonyl (C=O) groups is 1. The van der Waals surface area contributed by atoms with Crippen LogP contribution in [0.1, 0.15) is 0 Å². The van der Waals surface area contributed by atoms with Gasteiger partial charge in [0.05, 0.1) is 0 Å². The number of amides is 2. The summed E-state index contributed by atoms with van der Waals surface area (Å²) in [4.78, 5) is 13.2. The van der Waals surface area contributed by atoms with E-state index in [1.165, 1.54) is 6.07 Å². The summed E-state index contributed by atoms with van der Waals surface area (Å²) in [5, 5.41) is 5.00. The monoisotopic (exact) mass is 243 g/mol. The number of rotatable bonds is 4. The van der Waals surface area contributed by atoms with Crippen LogP contribution < -0.4 is 10.6 Å². The summed E-state index contributed by atoms with van der Waals surface area (Å²) in [5.41, 5.74) is 0.214. The fourth-order valence-electron chi connectivity index (χ4n) is 1.14. The van der Waals surface area contributed by atoms with Gasteiger partial charge in [-0.15, -0.1) is 0 Å². The Hall–Kier alpha value is -1.69. The highest BCUT2D eigenvalue weighted by molar-refractivity contribution is 5.89. The van der Waals surface area contributed by atoms with E-state index < -0.39 is 17.7 Å². The molecule has 0 aliphatic heterocycles. The van der Waals surface area contributed by atoms with E-state index in [1.807, 2.05) is 19.0 Å². The van der Waals surface area contributed by atoms with Crippen LogP contribution >= 0.6 is 0 Å². The van der Waals surface area contributed by atoms with Crippen LogP contribution in [0.2, 0.25) is 0 Å². The smallest absolute Gasteiger partial charge is 0.319 e. The molecule has 0 aromatic heterocycles. The molecule has 2 N–H and O–H groups in total. The van der Waals surface area contributed by atoms with Crippen molar-refractivity contribution in [2.24, 2.45) is 0 Å². The number of urea groups is 1. The van der Waals surface area contributed by atoms with E-state index >= 15 is 0 Å². The van der Waals surface area contributed by atoms with Crippen LogP contribution in [0.25, 0.3) is 0 Å². The first-order valence-electron chi connectivity index (χ1n) is 5.13. The molecule has 0 saturated carbocycles. The van der Waals surface area contributed by atoms with Crippen LogP contribution in [-0.4, -0.2) is 38.1 Å². The Morgan fingerprint density at radius 2 is 2.00 bits per heavy atom. The molecule has 0 radical (unpaired) electrons. The van der Waals surface area contributed by atoms with Crippen molar-refractivity contribution in [1.82, 2.24) is 10.2 Å². The van der Waals surface area contributed by atoms with Gasteiger partial charge in [0.1, 0.15) is 0 Å². The SMILES string of the molecule is CN(C)CCNC(=O)Nc1ccc(F)c(F)c1. The Labute approximate surface area is 98.6 Å². The first-order valence-corrected chi connectivity index (χ1v) is 5.13. The fraction of sp³-hybridized carbons (Fsp3) is 0.364. The van der Waals surface area contributed by atoms with E-state index in [0.717, 1.165) is 12.1 Å². The molecular weight excluding hydrogens is 228 g/mol. The zero-order chi connectivity index (χ0) is 12.8. The predicted molar refractivity (Wildman–Crippen MR) is 61.9 cm³/mol. The normalized spacial score (nSPS) is 10.4. The van der Waals surface area contributed by atoms with Crippen LogP contribution in [0.3, 0.4) is 0 Å². The second kappa shape index (κ2) is 6.15. The number of nitrogens with one attached hydrogen (secondary N) is 2. The third kappa shape index (κ3) is 4.78. The van der Waals surface area contributed by atoms with Crippen molar-refractivity contribution in [3.05, 3.63) is 29.8 Å². The maximum atomic E-state index is 12.8. The van der Waals surface area contributed by atoms with Gasteiger partial charge in [-0.05, 0) is 26.2 Å². The maximum absolute atomic E-state index is 12.8. The highest BCUT2D eigenvalue weighted by Gasteiger charge is 2.05. The minimum atomic E-state index is -0.990. The standard InChI is InChI=1S/C11H15F2N3O/c1-16(2)6-5-14-11(17)15-8-3-4-9(12)10(13)7-8/h3-4,7H,5-6H2,1-2H3,(H2,14,15,17). The fourth-order valence-corrected chi connectivity index (χ4v) is 1.14. The van der Waals surface area contributed by atoms with E-state index in [1.54, 1.807) is 0 Å². The van der Waals surface area contributed by atoms with Crippen LogP contribution in [0.5, 0.6) is 0 Å². The highest BCUT2D eigenvalue weighted by atomic mass is 19.2. The lowest BCUT2D eigenvalue weighted by Gasteiger charge is -2.11. The van der Waals surface area contributed by atoms with Crippen molar-refractivity contribution >= 4 is 11.7 Å². The van der Waals surface area contributed by atoms with Crippen molar-refractivity contribution in [2.75, 3.05) is 32.5 Å². The van der Waals surface area contributed by atoms with Crippen molar-refractivity contribution in [1.29, 1.82) is 0 Å². The average Bonchev–Trinajstić information content (AvgIpc) is 2.23. The number of hydrogen-bond acceptors (Lipinski definition) is 2. The summed E-state index contributed by atoms with van der Waals surface area (Å²) in [7, 11) is 3.77. The minimum Gasteiger partial charge on any atom is -0.337 e. The minimum absolute atomic E-state index is 0.214. The van der Waals surface area contributed by atoms with Crippen LogP contribution in [-0.2, 0) is 0 Å². The van der Waals surface area contributed by atoms with E-state index in [0.29, 0.717) is 13.1 Å². The molecule has 4 nitrogen and oxygen atoms in total. The molecule has 0 fully saturated rings. The van der Waals surface area contributed by atoms with Gasteiger partial charge in [-0.3, -0.25) is 0 Å². The summed E-state index contributed by atoms with van der Waals surface area (Å²) in [6, 6.07) is 2.74. The molecule has 1 rings (SSSR count). The molecule has 0 atom stereocenters. The third-order valence-corrected chi connectivity index (χ3v) is 2.02. The number of likely N-dealkylation sites (N-methyl/N-ethyl adjacent to an activating group) is 1. The topological polar surface area (TPSA) is 44.4 Å². The Morgan fingerprint density at radius 1 is 1.29 bits per heavy atom. The molecule has 2 amide bonds. The van der Waals surface area contributed by atoms with Gasteiger partial charge in [0, 0.05) is 24.8 Å². The number of benzene rings is 1. The first kappa shape index (κ1) is 13.4. The number of hydrogen-bond donors (Lipinski definition) is 2. The molecule has 0 aliphatic carbocycles. The first-order chi connectivity index (χ1) is 7.99. The zero-order valence-electron chi connectivity index (χ0n) is 9.76. The van der Waals surface area contributed by atoms with Crippen molar-refractivity contribution in [3.63, 3.8) is 0 Å². The summed E-state index contributed by atoms with van der Waals surface area (Å²) in [6.07, 6.45) is 0. The van der Waals surface area contributed by atoms with Gasteiger partial charge >= 0.3 is 6.03 Å². The molecule has 6 heteroatoms. The zero-order valence-corrected chi connectivity index (χ0v) is 9.76. The van der Waals surface area contributed by atoms with E-state index in [2.05, 4.69) is 10.6 Å². The molecule has 0 spiro atoms. The van der Waals surface area contributed by atoms with Crippen LogP contribution in [0, 0.1) is 11.6 Å². The molecular formula is C11H15F2N3O. The quantitative estimate of drug-likeness (QED) is 0.844. The second-order valence-electron chi connectivity index (χ2n) is 3.81. The van der Waals surface area contributed by atoms with Crippen molar-refractivity contribution < 1.29 is 13.6 Å². The van der Waals surface area contributed by atoms with Gasteiger partial charge in [0.25, 0.3) is 0 Å². The lowest BCUT2D eigenvalue weighted by atomic mass is 10.3. The predicted octanol–water partition coefficient (Wildman–Crippen LogP) is 1.65. The highest BCUT2D eigenvalue weighted by Crippen LogP contribution is 2.12. The Morgan fingerprint density at radius 3 is 2.59 bits per heavy atom. The molecule has 17 heavy (non-hydrogen) atoms. The van der Waals surface area contributed by atoms with Gasteiger partial charge in [-0.1, -0.05) is 0 Å². The van der Waals surface area contributed by atoms with Gasteiger partial charge in [0.15, 0.2) is 11.6 Å². The molecule has 1 aromatic rings. The number of carbonyl (C=O) groups excluding carboxylic acids is 1. The lowest BCUT2D eigenvalue weighted by molar-refractivity contribution is 0.250. The number of anilines is 1. The molecule has 94 valence electrons. The molecule has 0 heterocycles. The van der Waals surface area contributed by atoms with Gasteiger partial charge < -0.3 is 15.5 Å². The summed E-state index contributed by atoms with van der Waals surface area (Å²) in [5.74, 6) is -1.93. The van der Waals surface area contributed by atoms with Crippen LogP contribution in [0.15, 0.2) is 18.2 Å². The summed E-state index contributed by atoms with van der Waals surface area (Å²) in [6.45, 7) is 1.17. The average molecular weight is 243 g/mol. The lowest BCUT2D eigenvalue weighted by Crippen LogP contribution is -2.34. The van der Waals surface area contributed by atoms with Gasteiger partial charge in [-0.25, -0.2) is 13.6 Å². The van der Waals surface area contributed by atoms with Gasteiger partial charge in [-0.2, -0.15) is 0 Å². The number of halogens is 2. The summed E-state index contributed by atoms with van der Waals surface area (Å²) >= 11 is 0. The Bertz CT molecular complexity index is 396. The second-order valence-corrected chi connectivity index (χ2v) is 3.81. The van der Waals surface area contributed by atoms with Crippen molar-refractivity contribution in [2.45, 2.75) is 0 Å². The maximum Gasteiger partial charge on any atom is 0.319 e. The van der Waals surface area contributed by atoms with E-state index in [-0.39, 0.29) is 5.69 Å². The third-order valence-electron chi connectivity index (χ3n) is 2.02. The Balaban J connectivity index is 2.42.